The lowest BCUT2D eigenvalue weighted by Crippen LogP contribution is -2.23. The number of alkyl halides is 3. The van der Waals surface area contributed by atoms with Crippen LogP contribution in [0, 0.1) is 10.1 Å². The van der Waals surface area contributed by atoms with Crippen LogP contribution < -0.4 is 4.90 Å². The Kier molecular flexibility index (Phi) is 5.89. The number of nitro groups is 1. The third kappa shape index (κ3) is 4.85. The lowest BCUT2D eigenvalue weighted by atomic mass is 10.1. The molecule has 8 heteroatoms. The van der Waals surface area contributed by atoms with E-state index in [-0.39, 0.29) is 10.7 Å². The highest BCUT2D eigenvalue weighted by Gasteiger charge is 2.30. The zero-order chi connectivity index (χ0) is 18.6. The molecule has 0 aromatic heterocycles. The topological polar surface area (TPSA) is 46.4 Å². The summed E-state index contributed by atoms with van der Waals surface area (Å²) in [5.41, 5.74) is 0.483. The van der Waals surface area contributed by atoms with Crippen LogP contribution in [-0.2, 0) is 12.7 Å². The van der Waals surface area contributed by atoms with Gasteiger partial charge in [-0.15, -0.1) is 0 Å². The second kappa shape index (κ2) is 7.74. The largest absolute Gasteiger partial charge is 0.416 e. The van der Waals surface area contributed by atoms with Crippen molar-refractivity contribution in [3.8, 4) is 0 Å². The molecule has 134 valence electrons. The Labute approximate surface area is 148 Å². The highest BCUT2D eigenvalue weighted by atomic mass is 35.5. The molecule has 0 unspecified atom stereocenters. The number of nitrogens with zero attached hydrogens (tertiary/aromatic N) is 2. The van der Waals surface area contributed by atoms with Crippen LogP contribution in [0.5, 0.6) is 0 Å². The summed E-state index contributed by atoms with van der Waals surface area (Å²) in [4.78, 5) is 12.2. The third-order valence-corrected chi connectivity index (χ3v) is 3.93. The van der Waals surface area contributed by atoms with Gasteiger partial charge in [-0.1, -0.05) is 30.7 Å². The van der Waals surface area contributed by atoms with Gasteiger partial charge in [-0.05, 0) is 30.2 Å². The molecule has 0 saturated heterocycles. The highest BCUT2D eigenvalue weighted by Crippen LogP contribution is 2.32. The molecule has 0 radical (unpaired) electrons. The summed E-state index contributed by atoms with van der Waals surface area (Å²) in [6, 6.07) is 9.10. The maximum atomic E-state index is 12.6. The Morgan fingerprint density at radius 3 is 2.28 bits per heavy atom. The predicted molar refractivity (Wildman–Crippen MR) is 90.9 cm³/mol. The molecule has 2 rings (SSSR count). The van der Waals surface area contributed by atoms with Gasteiger partial charge in [0.2, 0.25) is 0 Å². The zero-order valence-electron chi connectivity index (χ0n) is 13.4. The minimum absolute atomic E-state index is 0.111. The van der Waals surface area contributed by atoms with E-state index >= 15 is 0 Å². The van der Waals surface area contributed by atoms with Crippen molar-refractivity contribution in [2.75, 3.05) is 11.4 Å². The molecular weight excluding hydrogens is 357 g/mol. The van der Waals surface area contributed by atoms with E-state index < -0.39 is 16.7 Å². The van der Waals surface area contributed by atoms with Crippen LogP contribution in [0.2, 0.25) is 5.02 Å². The Hall–Kier alpha value is -2.28. The van der Waals surface area contributed by atoms with E-state index in [9.17, 15) is 23.3 Å². The van der Waals surface area contributed by atoms with Crippen molar-refractivity contribution in [1.29, 1.82) is 0 Å². The van der Waals surface area contributed by atoms with Crippen molar-refractivity contribution in [3.63, 3.8) is 0 Å². The summed E-state index contributed by atoms with van der Waals surface area (Å²) in [6.45, 7) is 2.92. The first-order chi connectivity index (χ1) is 11.7. The van der Waals surface area contributed by atoms with Crippen molar-refractivity contribution < 1.29 is 18.1 Å². The van der Waals surface area contributed by atoms with Crippen molar-refractivity contribution in [1.82, 2.24) is 0 Å². The van der Waals surface area contributed by atoms with E-state index in [0.29, 0.717) is 24.3 Å². The molecule has 0 aliphatic heterocycles. The number of rotatable bonds is 6. The third-order valence-electron chi connectivity index (χ3n) is 3.63. The lowest BCUT2D eigenvalue weighted by molar-refractivity contribution is -0.384. The van der Waals surface area contributed by atoms with E-state index in [1.807, 2.05) is 11.8 Å². The maximum Gasteiger partial charge on any atom is 0.416 e. The van der Waals surface area contributed by atoms with Gasteiger partial charge in [-0.2, -0.15) is 13.2 Å². The van der Waals surface area contributed by atoms with Gasteiger partial charge in [0.05, 0.1) is 21.2 Å². The molecule has 4 nitrogen and oxygen atoms in total. The Morgan fingerprint density at radius 1 is 1.16 bits per heavy atom. The average Bonchev–Trinajstić information content (AvgIpc) is 2.54. The van der Waals surface area contributed by atoms with Gasteiger partial charge in [0.25, 0.3) is 5.69 Å². The molecule has 25 heavy (non-hydrogen) atoms. The molecular formula is C17H16ClF3N2O2. The molecule has 0 aliphatic carbocycles. The van der Waals surface area contributed by atoms with Crippen LogP contribution in [0.25, 0.3) is 0 Å². The van der Waals surface area contributed by atoms with Gasteiger partial charge < -0.3 is 4.90 Å². The number of benzene rings is 2. The molecule has 0 bridgehead atoms. The lowest BCUT2D eigenvalue weighted by Gasteiger charge is -2.25. The molecule has 0 fully saturated rings. The van der Waals surface area contributed by atoms with E-state index in [4.69, 9.17) is 11.6 Å². The van der Waals surface area contributed by atoms with Crippen molar-refractivity contribution in [2.45, 2.75) is 26.1 Å². The second-order valence-electron chi connectivity index (χ2n) is 5.51. The Bertz CT molecular complexity index is 749. The van der Waals surface area contributed by atoms with E-state index in [1.54, 1.807) is 6.07 Å². The van der Waals surface area contributed by atoms with Crippen LogP contribution >= 0.6 is 11.6 Å². The molecule has 0 saturated carbocycles. The van der Waals surface area contributed by atoms with Gasteiger partial charge in [0.1, 0.15) is 0 Å². The fourth-order valence-corrected chi connectivity index (χ4v) is 2.73. The van der Waals surface area contributed by atoms with Gasteiger partial charge in [-0.3, -0.25) is 10.1 Å². The number of hydrogen-bond donors (Lipinski definition) is 0. The first kappa shape index (κ1) is 19.1. The zero-order valence-corrected chi connectivity index (χ0v) is 14.1. The quantitative estimate of drug-likeness (QED) is 0.484. The molecule has 0 amide bonds. The summed E-state index contributed by atoms with van der Waals surface area (Å²) in [7, 11) is 0. The smallest absolute Gasteiger partial charge is 0.366 e. The second-order valence-corrected chi connectivity index (χ2v) is 5.92. The molecule has 0 spiro atoms. The first-order valence-corrected chi connectivity index (χ1v) is 7.95. The Morgan fingerprint density at radius 2 is 1.80 bits per heavy atom. The average molecular weight is 373 g/mol. The van der Waals surface area contributed by atoms with Crippen LogP contribution in [0.4, 0.5) is 24.5 Å². The molecule has 0 atom stereocenters. The number of hydrogen-bond acceptors (Lipinski definition) is 3. The van der Waals surface area contributed by atoms with Crippen LogP contribution in [-0.4, -0.2) is 11.5 Å². The number of halogens is 4. The SMILES string of the molecule is CCCN(Cc1ccc(C(F)(F)F)cc1)c1ccc([N+](=O)[O-])cc1Cl. The van der Waals surface area contributed by atoms with Gasteiger partial charge in [0, 0.05) is 25.2 Å². The van der Waals surface area contributed by atoms with Gasteiger partial charge in [0.15, 0.2) is 0 Å². The van der Waals surface area contributed by atoms with Gasteiger partial charge in [-0.25, -0.2) is 0 Å². The summed E-state index contributed by atoms with van der Waals surface area (Å²) in [6.07, 6.45) is -3.59. The fraction of sp³-hybridized carbons (Fsp3) is 0.294. The molecule has 2 aromatic carbocycles. The summed E-state index contributed by atoms with van der Waals surface area (Å²) >= 11 is 6.16. The van der Waals surface area contributed by atoms with E-state index in [0.717, 1.165) is 18.6 Å². The molecule has 0 heterocycles. The van der Waals surface area contributed by atoms with Crippen LogP contribution in [0.1, 0.15) is 24.5 Å². The van der Waals surface area contributed by atoms with Crippen LogP contribution in [0.3, 0.4) is 0 Å². The van der Waals surface area contributed by atoms with Crippen LogP contribution in [0.15, 0.2) is 42.5 Å². The predicted octanol–water partition coefficient (Wildman–Crippen LogP) is 5.68. The summed E-state index contributed by atoms with van der Waals surface area (Å²) < 4.78 is 37.9. The summed E-state index contributed by atoms with van der Waals surface area (Å²) in [5, 5.41) is 11.0. The minimum Gasteiger partial charge on any atom is -0.366 e. The number of non-ortho nitro benzene ring substituents is 1. The van der Waals surface area contributed by atoms with Gasteiger partial charge >= 0.3 is 6.18 Å². The normalized spacial score (nSPS) is 11.4. The molecule has 2 aromatic rings. The van der Waals surface area contributed by atoms with Crippen molar-refractivity contribution in [2.24, 2.45) is 0 Å². The number of anilines is 1. The van der Waals surface area contributed by atoms with Crippen molar-refractivity contribution in [3.05, 3.63) is 68.7 Å². The maximum absolute atomic E-state index is 12.6. The molecule has 0 aliphatic rings. The fourth-order valence-electron chi connectivity index (χ4n) is 2.44. The molecule has 0 N–H and O–H groups in total. The van der Waals surface area contributed by atoms with E-state index in [1.165, 1.54) is 24.3 Å². The first-order valence-electron chi connectivity index (χ1n) is 7.57. The standard InChI is InChI=1S/C17H16ClF3N2O2/c1-2-9-22(16-8-7-14(23(24)25)10-15(16)18)11-12-3-5-13(6-4-12)17(19,20)21/h3-8,10H,2,9,11H2,1H3. The van der Waals surface area contributed by atoms with Crippen molar-refractivity contribution >= 4 is 23.0 Å². The number of nitro benzene ring substituents is 1. The highest BCUT2D eigenvalue weighted by molar-refractivity contribution is 6.33. The Balaban J connectivity index is 2.25. The monoisotopic (exact) mass is 372 g/mol. The van der Waals surface area contributed by atoms with E-state index in [2.05, 4.69) is 0 Å². The summed E-state index contributed by atoms with van der Waals surface area (Å²) in [5.74, 6) is 0. The minimum atomic E-state index is -4.37.